The van der Waals surface area contributed by atoms with Crippen LogP contribution in [-0.4, -0.2) is 22.9 Å². The van der Waals surface area contributed by atoms with Gasteiger partial charge < -0.3 is 10.6 Å². The first-order valence-electron chi connectivity index (χ1n) is 6.56. The van der Waals surface area contributed by atoms with Crippen LogP contribution >= 0.6 is 0 Å². The molecule has 0 aliphatic carbocycles. The Morgan fingerprint density at radius 1 is 1.33 bits per heavy atom. The van der Waals surface area contributed by atoms with Gasteiger partial charge in [0.2, 0.25) is 0 Å². The number of rotatable bonds is 3. The Bertz CT molecular complexity index is 672. The summed E-state index contributed by atoms with van der Waals surface area (Å²) in [6.45, 7) is 3.83. The van der Waals surface area contributed by atoms with Crippen molar-refractivity contribution in [3.63, 3.8) is 0 Å². The third kappa shape index (κ3) is 2.99. The van der Waals surface area contributed by atoms with Crippen molar-refractivity contribution < 1.29 is 9.18 Å². The van der Waals surface area contributed by atoms with Crippen LogP contribution in [0.4, 0.5) is 15.8 Å². The number of anilines is 2. The quantitative estimate of drug-likeness (QED) is 0.942. The summed E-state index contributed by atoms with van der Waals surface area (Å²) in [6.07, 6.45) is 1.41. The van der Waals surface area contributed by atoms with Crippen molar-refractivity contribution in [3.8, 4) is 0 Å². The molecular formula is C15H17FN4O. The Hall–Kier alpha value is -2.50. The number of para-hydroxylation sites is 1. The van der Waals surface area contributed by atoms with E-state index in [0.717, 1.165) is 0 Å². The smallest absolute Gasteiger partial charge is 0.278 e. The summed E-state index contributed by atoms with van der Waals surface area (Å²) >= 11 is 0. The van der Waals surface area contributed by atoms with Gasteiger partial charge in [-0.25, -0.2) is 14.4 Å². The van der Waals surface area contributed by atoms with Crippen molar-refractivity contribution in [2.75, 3.05) is 17.7 Å². The summed E-state index contributed by atoms with van der Waals surface area (Å²) in [7, 11) is 1.48. The molecule has 2 rings (SSSR count). The standard InChI is InChI=1S/C15H17FN4O/c1-9(2)14-18-8-11(17)13(19-14)15(21)20(3)12-7-5-4-6-10(12)16/h4-9H,17H2,1-3H3. The van der Waals surface area contributed by atoms with E-state index in [2.05, 4.69) is 9.97 Å². The molecule has 1 amide bonds. The third-order valence-electron chi connectivity index (χ3n) is 3.07. The molecule has 0 fully saturated rings. The molecule has 0 aliphatic heterocycles. The van der Waals surface area contributed by atoms with Crippen LogP contribution in [-0.2, 0) is 0 Å². The molecular weight excluding hydrogens is 271 g/mol. The number of halogens is 1. The number of hydrogen-bond acceptors (Lipinski definition) is 4. The summed E-state index contributed by atoms with van der Waals surface area (Å²) in [6, 6.07) is 6.04. The van der Waals surface area contributed by atoms with Crippen molar-refractivity contribution >= 4 is 17.3 Å². The molecule has 0 radical (unpaired) electrons. The average Bonchev–Trinajstić information content (AvgIpc) is 2.46. The fourth-order valence-electron chi connectivity index (χ4n) is 1.85. The summed E-state index contributed by atoms with van der Waals surface area (Å²) in [4.78, 5) is 22.0. The van der Waals surface area contributed by atoms with E-state index in [1.54, 1.807) is 12.1 Å². The Morgan fingerprint density at radius 2 is 2.00 bits per heavy atom. The lowest BCUT2D eigenvalue weighted by Gasteiger charge is -2.18. The van der Waals surface area contributed by atoms with Gasteiger partial charge >= 0.3 is 0 Å². The second-order valence-electron chi connectivity index (χ2n) is 5.00. The van der Waals surface area contributed by atoms with Gasteiger partial charge in [-0.1, -0.05) is 26.0 Å². The number of benzene rings is 1. The maximum atomic E-state index is 13.8. The molecule has 6 heteroatoms. The zero-order valence-electron chi connectivity index (χ0n) is 12.2. The molecule has 2 aromatic rings. The van der Waals surface area contributed by atoms with E-state index >= 15 is 0 Å². The fraction of sp³-hybridized carbons (Fsp3) is 0.267. The molecule has 0 bridgehead atoms. The molecule has 1 heterocycles. The van der Waals surface area contributed by atoms with Crippen LogP contribution in [0.3, 0.4) is 0 Å². The first-order valence-corrected chi connectivity index (χ1v) is 6.56. The Labute approximate surface area is 122 Å². The molecule has 0 atom stereocenters. The van der Waals surface area contributed by atoms with Crippen LogP contribution in [0, 0.1) is 5.82 Å². The van der Waals surface area contributed by atoms with Crippen molar-refractivity contribution in [2.24, 2.45) is 0 Å². The Kier molecular flexibility index (Phi) is 4.16. The number of nitrogen functional groups attached to an aromatic ring is 1. The van der Waals surface area contributed by atoms with Crippen LogP contribution in [0.2, 0.25) is 0 Å². The highest BCUT2D eigenvalue weighted by Crippen LogP contribution is 2.21. The monoisotopic (exact) mass is 288 g/mol. The number of nitrogens with zero attached hydrogens (tertiary/aromatic N) is 3. The number of carbonyl (C=O) groups is 1. The lowest BCUT2D eigenvalue weighted by molar-refractivity contribution is 0.0988. The van der Waals surface area contributed by atoms with Gasteiger partial charge in [0, 0.05) is 13.0 Å². The molecule has 110 valence electrons. The molecule has 1 aromatic heterocycles. The van der Waals surface area contributed by atoms with Gasteiger partial charge in [-0.05, 0) is 12.1 Å². The number of amides is 1. The summed E-state index contributed by atoms with van der Waals surface area (Å²) in [5.74, 6) is -0.364. The lowest BCUT2D eigenvalue weighted by atomic mass is 10.2. The molecule has 0 saturated heterocycles. The highest BCUT2D eigenvalue weighted by molar-refractivity contribution is 6.07. The van der Waals surface area contributed by atoms with Crippen LogP contribution < -0.4 is 10.6 Å². The van der Waals surface area contributed by atoms with Crippen LogP contribution in [0.1, 0.15) is 36.1 Å². The number of nitrogens with two attached hydrogens (primary N) is 1. The number of carbonyl (C=O) groups excluding carboxylic acids is 1. The predicted octanol–water partition coefficient (Wildman–Crippen LogP) is 2.60. The van der Waals surface area contributed by atoms with Gasteiger partial charge in [0.25, 0.3) is 5.91 Å². The number of aromatic nitrogens is 2. The van der Waals surface area contributed by atoms with Gasteiger partial charge in [0.05, 0.1) is 17.6 Å². The van der Waals surface area contributed by atoms with Gasteiger partial charge in [-0.2, -0.15) is 0 Å². The summed E-state index contributed by atoms with van der Waals surface area (Å²) < 4.78 is 13.8. The molecule has 0 aliphatic rings. The minimum absolute atomic E-state index is 0.0657. The largest absolute Gasteiger partial charge is 0.396 e. The second kappa shape index (κ2) is 5.87. The zero-order chi connectivity index (χ0) is 15.6. The third-order valence-corrected chi connectivity index (χ3v) is 3.07. The van der Waals surface area contributed by atoms with Crippen LogP contribution in [0.25, 0.3) is 0 Å². The SMILES string of the molecule is CC(C)c1ncc(N)c(C(=O)N(C)c2ccccc2F)n1. The first kappa shape index (κ1) is 14.9. The number of hydrogen-bond donors (Lipinski definition) is 1. The van der Waals surface area contributed by atoms with Crippen molar-refractivity contribution in [1.29, 1.82) is 0 Å². The molecule has 0 unspecified atom stereocenters. The van der Waals surface area contributed by atoms with E-state index in [-0.39, 0.29) is 23.0 Å². The highest BCUT2D eigenvalue weighted by Gasteiger charge is 2.21. The minimum atomic E-state index is -0.481. The maximum Gasteiger partial charge on any atom is 0.278 e. The Morgan fingerprint density at radius 3 is 2.62 bits per heavy atom. The van der Waals surface area contributed by atoms with Crippen molar-refractivity contribution in [2.45, 2.75) is 19.8 Å². The van der Waals surface area contributed by atoms with Gasteiger partial charge in [-0.15, -0.1) is 0 Å². The van der Waals surface area contributed by atoms with E-state index < -0.39 is 11.7 Å². The molecule has 5 nitrogen and oxygen atoms in total. The van der Waals surface area contributed by atoms with E-state index in [9.17, 15) is 9.18 Å². The van der Waals surface area contributed by atoms with Gasteiger partial charge in [0.1, 0.15) is 11.6 Å². The molecule has 2 N–H and O–H groups in total. The van der Waals surface area contributed by atoms with Crippen LogP contribution in [0.5, 0.6) is 0 Å². The van der Waals surface area contributed by atoms with Crippen molar-refractivity contribution in [3.05, 3.63) is 47.8 Å². The average molecular weight is 288 g/mol. The zero-order valence-corrected chi connectivity index (χ0v) is 12.2. The van der Waals surface area contributed by atoms with E-state index in [4.69, 9.17) is 5.73 Å². The Balaban J connectivity index is 2.40. The van der Waals surface area contributed by atoms with E-state index in [1.807, 2.05) is 13.8 Å². The molecule has 0 spiro atoms. The highest BCUT2D eigenvalue weighted by atomic mass is 19.1. The topological polar surface area (TPSA) is 72.1 Å². The van der Waals surface area contributed by atoms with Gasteiger partial charge in [0.15, 0.2) is 5.69 Å². The maximum absolute atomic E-state index is 13.8. The lowest BCUT2D eigenvalue weighted by Crippen LogP contribution is -2.29. The fourth-order valence-corrected chi connectivity index (χ4v) is 1.85. The van der Waals surface area contributed by atoms with Crippen molar-refractivity contribution in [1.82, 2.24) is 9.97 Å². The minimum Gasteiger partial charge on any atom is -0.396 e. The summed E-state index contributed by atoms with van der Waals surface area (Å²) in [5, 5.41) is 0. The first-order chi connectivity index (χ1) is 9.91. The van der Waals surface area contributed by atoms with Gasteiger partial charge in [-0.3, -0.25) is 4.79 Å². The normalized spacial score (nSPS) is 10.7. The van der Waals surface area contributed by atoms with E-state index in [0.29, 0.717) is 5.82 Å². The predicted molar refractivity (Wildman–Crippen MR) is 79.7 cm³/mol. The summed E-state index contributed by atoms with van der Waals surface area (Å²) in [5.41, 5.74) is 6.21. The molecule has 21 heavy (non-hydrogen) atoms. The van der Waals surface area contributed by atoms with E-state index in [1.165, 1.54) is 30.3 Å². The second-order valence-corrected chi connectivity index (χ2v) is 5.00. The molecule has 0 saturated carbocycles. The van der Waals surface area contributed by atoms with Crippen LogP contribution in [0.15, 0.2) is 30.5 Å². The molecule has 1 aromatic carbocycles.